The molecular formula is C16H21N3O4. The van der Waals surface area contributed by atoms with Gasteiger partial charge in [0.05, 0.1) is 19.3 Å². The highest BCUT2D eigenvalue weighted by Crippen LogP contribution is 2.09. The van der Waals surface area contributed by atoms with E-state index in [9.17, 15) is 9.90 Å². The molecule has 1 heterocycles. The van der Waals surface area contributed by atoms with Crippen molar-refractivity contribution in [2.45, 2.75) is 19.2 Å². The summed E-state index contributed by atoms with van der Waals surface area (Å²) in [5, 5.41) is 24.1. The number of carbonyl (C=O) groups is 1. The van der Waals surface area contributed by atoms with Gasteiger partial charge in [0.15, 0.2) is 11.5 Å². The molecule has 7 heteroatoms. The van der Waals surface area contributed by atoms with Gasteiger partial charge in [-0.2, -0.15) is 0 Å². The van der Waals surface area contributed by atoms with E-state index in [1.165, 1.54) is 5.56 Å². The van der Waals surface area contributed by atoms with Gasteiger partial charge in [0, 0.05) is 19.2 Å². The highest BCUT2D eigenvalue weighted by atomic mass is 16.5. The van der Waals surface area contributed by atoms with Crippen LogP contribution in [0.3, 0.4) is 0 Å². The summed E-state index contributed by atoms with van der Waals surface area (Å²) in [5.74, 6) is 0.134. The number of aromatic nitrogens is 1. The third-order valence-electron chi connectivity index (χ3n) is 3.22. The van der Waals surface area contributed by atoms with Gasteiger partial charge in [0.1, 0.15) is 0 Å². The van der Waals surface area contributed by atoms with Crippen molar-refractivity contribution in [1.29, 1.82) is 0 Å². The first-order valence-corrected chi connectivity index (χ1v) is 7.33. The van der Waals surface area contributed by atoms with Crippen LogP contribution in [0.5, 0.6) is 0 Å². The summed E-state index contributed by atoms with van der Waals surface area (Å²) >= 11 is 0. The summed E-state index contributed by atoms with van der Waals surface area (Å²) in [5.41, 5.74) is 1.34. The smallest absolute Gasteiger partial charge is 0.273 e. The Hall–Kier alpha value is -2.22. The lowest BCUT2D eigenvalue weighted by molar-refractivity contribution is 0.0796. The summed E-state index contributed by atoms with van der Waals surface area (Å²) in [4.78, 5) is 13.9. The van der Waals surface area contributed by atoms with E-state index in [1.807, 2.05) is 42.3 Å². The highest BCUT2D eigenvalue weighted by Gasteiger charge is 2.14. The topological polar surface area (TPSA) is 98.8 Å². The molecule has 2 rings (SSSR count). The van der Waals surface area contributed by atoms with Crippen molar-refractivity contribution in [2.75, 3.05) is 20.2 Å². The van der Waals surface area contributed by atoms with Crippen LogP contribution >= 0.6 is 0 Å². The molecule has 1 amide bonds. The number of carbonyl (C=O) groups excluding carboxylic acids is 1. The fourth-order valence-electron chi connectivity index (χ4n) is 2.08. The molecule has 0 spiro atoms. The van der Waals surface area contributed by atoms with E-state index in [-0.39, 0.29) is 12.2 Å². The minimum Gasteiger partial charge on any atom is -0.394 e. The van der Waals surface area contributed by atoms with Crippen LogP contribution in [-0.4, -0.2) is 52.5 Å². The number of benzene rings is 1. The van der Waals surface area contributed by atoms with Gasteiger partial charge in [-0.25, -0.2) is 0 Å². The molecule has 0 aliphatic rings. The monoisotopic (exact) mass is 319 g/mol. The van der Waals surface area contributed by atoms with Crippen molar-refractivity contribution in [3.8, 4) is 0 Å². The zero-order valence-electron chi connectivity index (χ0n) is 13.0. The standard InChI is InChI=1S/C16H21N3O4/c1-19(9-12-5-3-2-4-6-12)10-14-7-15(18-23-14)16(22)17-8-13(21)11-20/h2-7,13,20-21H,8-11H2,1H3,(H,17,22)/t13-/m0/s1. The molecule has 0 aliphatic carbocycles. The van der Waals surface area contributed by atoms with Crippen LogP contribution in [0.1, 0.15) is 21.8 Å². The largest absolute Gasteiger partial charge is 0.394 e. The van der Waals surface area contributed by atoms with Gasteiger partial charge >= 0.3 is 0 Å². The van der Waals surface area contributed by atoms with Crippen LogP contribution in [0.4, 0.5) is 0 Å². The minimum atomic E-state index is -0.984. The number of hydrogen-bond donors (Lipinski definition) is 3. The van der Waals surface area contributed by atoms with E-state index in [1.54, 1.807) is 6.07 Å². The average molecular weight is 319 g/mol. The number of nitrogens with zero attached hydrogens (tertiary/aromatic N) is 2. The van der Waals surface area contributed by atoms with E-state index in [0.717, 1.165) is 6.54 Å². The maximum Gasteiger partial charge on any atom is 0.273 e. The van der Waals surface area contributed by atoms with E-state index in [0.29, 0.717) is 12.3 Å². The molecule has 124 valence electrons. The molecule has 0 bridgehead atoms. The lowest BCUT2D eigenvalue weighted by atomic mass is 10.2. The van der Waals surface area contributed by atoms with Crippen molar-refractivity contribution in [1.82, 2.24) is 15.4 Å². The molecule has 0 unspecified atom stereocenters. The van der Waals surface area contributed by atoms with Gasteiger partial charge in [-0.15, -0.1) is 0 Å². The van der Waals surface area contributed by atoms with Crippen molar-refractivity contribution in [3.05, 3.63) is 53.4 Å². The van der Waals surface area contributed by atoms with Gasteiger partial charge in [-0.05, 0) is 12.6 Å². The number of aliphatic hydroxyl groups is 2. The van der Waals surface area contributed by atoms with E-state index in [2.05, 4.69) is 10.5 Å². The Morgan fingerprint density at radius 2 is 2.09 bits per heavy atom. The van der Waals surface area contributed by atoms with Gasteiger partial charge in [0.2, 0.25) is 0 Å². The summed E-state index contributed by atoms with van der Waals surface area (Å²) in [6.45, 7) is 0.834. The molecular weight excluding hydrogens is 298 g/mol. The molecule has 1 aromatic heterocycles. The number of hydrogen-bond acceptors (Lipinski definition) is 6. The van der Waals surface area contributed by atoms with E-state index >= 15 is 0 Å². The number of rotatable bonds is 8. The van der Waals surface area contributed by atoms with E-state index in [4.69, 9.17) is 9.63 Å². The fraction of sp³-hybridized carbons (Fsp3) is 0.375. The van der Waals surface area contributed by atoms with Crippen LogP contribution in [0.15, 0.2) is 40.9 Å². The second-order valence-electron chi connectivity index (χ2n) is 5.38. The first kappa shape index (κ1) is 17.1. The van der Waals surface area contributed by atoms with Crippen molar-refractivity contribution < 1.29 is 19.5 Å². The minimum absolute atomic E-state index is 0.0363. The Balaban J connectivity index is 1.85. The molecule has 7 nitrogen and oxygen atoms in total. The molecule has 0 saturated carbocycles. The maximum absolute atomic E-state index is 11.8. The Bertz CT molecular complexity index is 615. The van der Waals surface area contributed by atoms with Gasteiger partial charge < -0.3 is 20.1 Å². The third kappa shape index (κ3) is 5.48. The quantitative estimate of drug-likeness (QED) is 0.651. The predicted molar refractivity (Wildman–Crippen MR) is 83.5 cm³/mol. The number of aliphatic hydroxyl groups excluding tert-OH is 2. The zero-order chi connectivity index (χ0) is 16.7. The second-order valence-corrected chi connectivity index (χ2v) is 5.38. The van der Waals surface area contributed by atoms with Crippen molar-refractivity contribution in [2.24, 2.45) is 0 Å². The van der Waals surface area contributed by atoms with Crippen LogP contribution in [-0.2, 0) is 13.1 Å². The Labute approximate surface area is 134 Å². The third-order valence-corrected chi connectivity index (χ3v) is 3.22. The molecule has 0 aliphatic heterocycles. The molecule has 0 radical (unpaired) electrons. The summed E-state index contributed by atoms with van der Waals surface area (Å²) < 4.78 is 5.16. The molecule has 0 saturated heterocycles. The molecule has 2 aromatic rings. The lowest BCUT2D eigenvalue weighted by Crippen LogP contribution is -2.34. The van der Waals surface area contributed by atoms with Gasteiger partial charge in [-0.1, -0.05) is 35.5 Å². The molecule has 23 heavy (non-hydrogen) atoms. The Kier molecular flexibility index (Phi) is 6.28. The van der Waals surface area contributed by atoms with Crippen LogP contribution in [0.25, 0.3) is 0 Å². The fourth-order valence-corrected chi connectivity index (χ4v) is 2.08. The summed E-state index contributed by atoms with van der Waals surface area (Å²) in [6, 6.07) is 11.6. The van der Waals surface area contributed by atoms with Gasteiger partial charge in [0.25, 0.3) is 5.91 Å². The molecule has 0 fully saturated rings. The lowest BCUT2D eigenvalue weighted by Gasteiger charge is -2.14. The number of nitrogens with one attached hydrogen (secondary N) is 1. The second kappa shape index (κ2) is 8.42. The van der Waals surface area contributed by atoms with E-state index < -0.39 is 18.6 Å². The first-order valence-electron chi connectivity index (χ1n) is 7.33. The van der Waals surface area contributed by atoms with Crippen LogP contribution < -0.4 is 5.32 Å². The normalized spacial score (nSPS) is 12.3. The predicted octanol–water partition coefficient (Wildman–Crippen LogP) is 0.390. The Morgan fingerprint density at radius 1 is 1.35 bits per heavy atom. The molecule has 3 N–H and O–H groups in total. The Morgan fingerprint density at radius 3 is 2.78 bits per heavy atom. The summed E-state index contributed by atoms with van der Waals surface area (Å²) in [6.07, 6.45) is -0.984. The average Bonchev–Trinajstić information content (AvgIpc) is 3.01. The SMILES string of the molecule is CN(Cc1ccccc1)Cc1cc(C(=O)NC[C@H](O)CO)no1. The number of amides is 1. The highest BCUT2D eigenvalue weighted by molar-refractivity contribution is 5.92. The zero-order valence-corrected chi connectivity index (χ0v) is 13.0. The van der Waals surface area contributed by atoms with Crippen LogP contribution in [0, 0.1) is 0 Å². The summed E-state index contributed by atoms with van der Waals surface area (Å²) in [7, 11) is 1.95. The van der Waals surface area contributed by atoms with Crippen molar-refractivity contribution in [3.63, 3.8) is 0 Å². The molecule has 1 aromatic carbocycles. The van der Waals surface area contributed by atoms with Crippen molar-refractivity contribution >= 4 is 5.91 Å². The maximum atomic E-state index is 11.8. The van der Waals surface area contributed by atoms with Gasteiger partial charge in [-0.3, -0.25) is 9.69 Å². The van der Waals surface area contributed by atoms with Crippen LogP contribution in [0.2, 0.25) is 0 Å². The first-order chi connectivity index (χ1) is 11.1. The molecule has 1 atom stereocenters.